The number of carbonyl (C=O) groups is 2. The highest BCUT2D eigenvalue weighted by Crippen LogP contribution is 2.25. The molecular formula is C13H12O3S. The van der Waals surface area contributed by atoms with E-state index in [4.69, 9.17) is 4.42 Å². The molecule has 3 nitrogen and oxygen atoms in total. The van der Waals surface area contributed by atoms with Crippen LogP contribution < -0.4 is 0 Å². The van der Waals surface area contributed by atoms with Crippen LogP contribution in [0.4, 0.5) is 0 Å². The van der Waals surface area contributed by atoms with Gasteiger partial charge in [-0.2, -0.15) is 0 Å². The lowest BCUT2D eigenvalue weighted by Gasteiger charge is -1.93. The predicted molar refractivity (Wildman–Crippen MR) is 66.1 cm³/mol. The lowest BCUT2D eigenvalue weighted by atomic mass is 10.1. The molecule has 0 saturated carbocycles. The zero-order valence-electron chi connectivity index (χ0n) is 9.87. The maximum absolute atomic E-state index is 12.2. The summed E-state index contributed by atoms with van der Waals surface area (Å²) in [6.45, 7) is 5.40. The highest BCUT2D eigenvalue weighted by Gasteiger charge is 2.18. The summed E-state index contributed by atoms with van der Waals surface area (Å²) >= 11 is 1.34. The van der Waals surface area contributed by atoms with E-state index >= 15 is 0 Å². The molecule has 0 radical (unpaired) electrons. The van der Waals surface area contributed by atoms with Gasteiger partial charge in [0.25, 0.3) is 0 Å². The second-order valence-corrected chi connectivity index (χ2v) is 5.15. The van der Waals surface area contributed by atoms with E-state index in [1.807, 2.05) is 6.92 Å². The van der Waals surface area contributed by atoms with Gasteiger partial charge in [-0.15, -0.1) is 11.3 Å². The van der Waals surface area contributed by atoms with Gasteiger partial charge in [-0.1, -0.05) is 0 Å². The van der Waals surface area contributed by atoms with Crippen molar-refractivity contribution in [2.75, 3.05) is 0 Å². The number of ketones is 1. The van der Waals surface area contributed by atoms with Crippen LogP contribution in [-0.4, -0.2) is 12.1 Å². The van der Waals surface area contributed by atoms with E-state index in [0.29, 0.717) is 21.8 Å². The number of thiophene rings is 1. The van der Waals surface area contributed by atoms with E-state index < -0.39 is 0 Å². The molecule has 2 heterocycles. The molecule has 0 aliphatic rings. The monoisotopic (exact) mass is 248 g/mol. The lowest BCUT2D eigenvalue weighted by molar-refractivity contribution is 0.104. The Kier molecular flexibility index (Phi) is 2.98. The van der Waals surface area contributed by atoms with E-state index in [1.54, 1.807) is 26.0 Å². The van der Waals surface area contributed by atoms with Gasteiger partial charge in [0.15, 0.2) is 6.29 Å². The Morgan fingerprint density at radius 2 is 2.00 bits per heavy atom. The summed E-state index contributed by atoms with van der Waals surface area (Å²) in [6, 6.07) is 3.37. The molecule has 0 fully saturated rings. The van der Waals surface area contributed by atoms with E-state index in [2.05, 4.69) is 0 Å². The van der Waals surface area contributed by atoms with Crippen LogP contribution in [0.1, 0.15) is 42.0 Å². The molecule has 0 aliphatic carbocycles. The standard InChI is InChI=1S/C13H12O3S/c1-7-4-11(8(2)16-7)13(15)12-5-10(6-14)9(3)17-12/h4-6H,1-3H3. The molecule has 4 heteroatoms. The smallest absolute Gasteiger partial charge is 0.206 e. The summed E-state index contributed by atoms with van der Waals surface area (Å²) in [5.41, 5.74) is 1.15. The average molecular weight is 248 g/mol. The Balaban J connectivity index is 2.43. The molecule has 88 valence electrons. The minimum atomic E-state index is -0.0828. The first-order valence-electron chi connectivity index (χ1n) is 5.20. The Morgan fingerprint density at radius 3 is 2.47 bits per heavy atom. The van der Waals surface area contributed by atoms with Crippen LogP contribution in [0.5, 0.6) is 0 Å². The number of hydrogen-bond donors (Lipinski definition) is 0. The first-order valence-corrected chi connectivity index (χ1v) is 6.02. The maximum Gasteiger partial charge on any atom is 0.206 e. The van der Waals surface area contributed by atoms with Gasteiger partial charge in [-0.25, -0.2) is 0 Å². The third-order valence-corrected chi connectivity index (χ3v) is 3.66. The van der Waals surface area contributed by atoms with Gasteiger partial charge >= 0.3 is 0 Å². The minimum Gasteiger partial charge on any atom is -0.466 e. The van der Waals surface area contributed by atoms with Crippen molar-refractivity contribution in [3.63, 3.8) is 0 Å². The molecule has 2 aromatic heterocycles. The van der Waals surface area contributed by atoms with Crippen molar-refractivity contribution in [1.29, 1.82) is 0 Å². The molecule has 0 aromatic carbocycles. The third kappa shape index (κ3) is 2.08. The molecule has 0 unspecified atom stereocenters. The number of furan rings is 1. The molecule has 2 rings (SSSR count). The van der Waals surface area contributed by atoms with Gasteiger partial charge in [-0.05, 0) is 32.9 Å². The molecule has 17 heavy (non-hydrogen) atoms. The second-order valence-electron chi connectivity index (χ2n) is 3.90. The molecule has 0 amide bonds. The first-order chi connectivity index (χ1) is 8.02. The number of rotatable bonds is 3. The van der Waals surface area contributed by atoms with E-state index in [-0.39, 0.29) is 5.78 Å². The molecule has 0 N–H and O–H groups in total. The summed E-state index contributed by atoms with van der Waals surface area (Å²) in [7, 11) is 0. The van der Waals surface area contributed by atoms with Crippen molar-refractivity contribution in [2.24, 2.45) is 0 Å². The van der Waals surface area contributed by atoms with Gasteiger partial charge in [0.2, 0.25) is 5.78 Å². The lowest BCUT2D eigenvalue weighted by Crippen LogP contribution is -1.98. The molecule has 0 aliphatic heterocycles. The van der Waals surface area contributed by atoms with Gasteiger partial charge in [0.1, 0.15) is 11.5 Å². The van der Waals surface area contributed by atoms with Crippen molar-refractivity contribution < 1.29 is 14.0 Å². The van der Waals surface area contributed by atoms with Crippen LogP contribution >= 0.6 is 11.3 Å². The highest BCUT2D eigenvalue weighted by molar-refractivity contribution is 7.14. The van der Waals surface area contributed by atoms with Gasteiger partial charge < -0.3 is 4.42 Å². The summed E-state index contributed by atoms with van der Waals surface area (Å²) in [5.74, 6) is 1.25. The minimum absolute atomic E-state index is 0.0828. The van der Waals surface area contributed by atoms with Crippen LogP contribution in [0, 0.1) is 20.8 Å². The number of aldehydes is 1. The molecule has 0 saturated heterocycles. The Hall–Kier alpha value is -1.68. The summed E-state index contributed by atoms with van der Waals surface area (Å²) in [5, 5.41) is 0. The fourth-order valence-corrected chi connectivity index (χ4v) is 2.66. The van der Waals surface area contributed by atoms with Crippen molar-refractivity contribution >= 4 is 23.4 Å². The first kappa shape index (κ1) is 11.8. The largest absolute Gasteiger partial charge is 0.466 e. The van der Waals surface area contributed by atoms with E-state index in [1.165, 1.54) is 11.3 Å². The fraction of sp³-hybridized carbons (Fsp3) is 0.231. The molecule has 0 spiro atoms. The zero-order chi connectivity index (χ0) is 12.6. The van der Waals surface area contributed by atoms with Crippen molar-refractivity contribution in [3.05, 3.63) is 44.5 Å². The third-order valence-electron chi connectivity index (χ3n) is 2.59. The summed E-state index contributed by atoms with van der Waals surface area (Å²) in [4.78, 5) is 24.4. The average Bonchev–Trinajstić information content (AvgIpc) is 2.80. The Bertz CT molecular complexity index is 590. The summed E-state index contributed by atoms with van der Waals surface area (Å²) < 4.78 is 5.33. The quantitative estimate of drug-likeness (QED) is 0.618. The van der Waals surface area contributed by atoms with Crippen molar-refractivity contribution in [3.8, 4) is 0 Å². The number of hydrogen-bond acceptors (Lipinski definition) is 4. The SMILES string of the molecule is Cc1cc(C(=O)c2cc(C=O)c(C)s2)c(C)o1. The topological polar surface area (TPSA) is 47.3 Å². The predicted octanol–water partition coefficient (Wildman–Crippen LogP) is 3.31. The maximum atomic E-state index is 12.2. The fourth-order valence-electron chi connectivity index (χ4n) is 1.71. The highest BCUT2D eigenvalue weighted by atomic mass is 32.1. The van der Waals surface area contributed by atoms with Crippen LogP contribution in [0.3, 0.4) is 0 Å². The van der Waals surface area contributed by atoms with Crippen molar-refractivity contribution in [2.45, 2.75) is 20.8 Å². The van der Waals surface area contributed by atoms with Crippen molar-refractivity contribution in [1.82, 2.24) is 0 Å². The normalized spacial score (nSPS) is 10.5. The zero-order valence-corrected chi connectivity index (χ0v) is 10.7. The van der Waals surface area contributed by atoms with E-state index in [0.717, 1.165) is 16.9 Å². The van der Waals surface area contributed by atoms with Crippen LogP contribution in [0.2, 0.25) is 0 Å². The van der Waals surface area contributed by atoms with Crippen LogP contribution in [0.15, 0.2) is 16.5 Å². The summed E-state index contributed by atoms with van der Waals surface area (Å²) in [6.07, 6.45) is 0.774. The van der Waals surface area contributed by atoms with Gasteiger partial charge in [0, 0.05) is 10.4 Å². The molecule has 0 bridgehead atoms. The molecule has 2 aromatic rings. The molecular weight excluding hydrogens is 236 g/mol. The van der Waals surface area contributed by atoms with Crippen LogP contribution in [0.25, 0.3) is 0 Å². The number of aryl methyl sites for hydroxylation is 3. The van der Waals surface area contributed by atoms with Gasteiger partial charge in [-0.3, -0.25) is 9.59 Å². The van der Waals surface area contributed by atoms with E-state index in [9.17, 15) is 9.59 Å². The molecule has 0 atom stereocenters. The number of carbonyl (C=O) groups excluding carboxylic acids is 2. The Labute approximate surface area is 103 Å². The van der Waals surface area contributed by atoms with Crippen LogP contribution in [-0.2, 0) is 0 Å². The second kappa shape index (κ2) is 4.30. The van der Waals surface area contributed by atoms with Gasteiger partial charge in [0.05, 0.1) is 10.4 Å². The Morgan fingerprint density at radius 1 is 1.29 bits per heavy atom.